The maximum absolute atomic E-state index is 5.50. The minimum atomic E-state index is 0. The van der Waals surface area contributed by atoms with Crippen molar-refractivity contribution >= 4 is 12.4 Å². The minimum Gasteiger partial charge on any atom is -0.289 e. The zero-order chi connectivity index (χ0) is 13.1. The molecule has 106 valence electrons. The molecule has 0 radical (unpaired) electrons. The second kappa shape index (κ2) is 6.86. The predicted octanol–water partition coefficient (Wildman–Crippen LogP) is 2.35. The van der Waals surface area contributed by atoms with Gasteiger partial charge in [-0.25, -0.2) is 0 Å². The van der Waals surface area contributed by atoms with E-state index in [1.54, 1.807) is 0 Å². The third-order valence-corrected chi connectivity index (χ3v) is 3.74. The predicted molar refractivity (Wildman–Crippen MR) is 84.7 cm³/mol. The molecule has 0 unspecified atom stereocenters. The molecule has 0 saturated carbocycles. The van der Waals surface area contributed by atoms with Crippen molar-refractivity contribution in [2.24, 2.45) is 5.84 Å². The number of nitrogens with zero attached hydrogens (tertiary/aromatic N) is 1. The van der Waals surface area contributed by atoms with E-state index in [1.807, 2.05) is 0 Å². The standard InChI is InChI=1S/C16H19N3.ClH/c17-18-15-11-19(12-15)16(13-7-3-1-4-8-13)14-9-5-2-6-10-14;/h1-10,15-16,18H,11-12,17H2;1H. The summed E-state index contributed by atoms with van der Waals surface area (Å²) in [5.41, 5.74) is 5.52. The second-order valence-electron chi connectivity index (χ2n) is 5.04. The topological polar surface area (TPSA) is 41.3 Å². The highest BCUT2D eigenvalue weighted by Gasteiger charge is 2.33. The summed E-state index contributed by atoms with van der Waals surface area (Å²) >= 11 is 0. The van der Waals surface area contributed by atoms with Gasteiger partial charge in [-0.1, -0.05) is 60.7 Å². The van der Waals surface area contributed by atoms with Crippen LogP contribution in [0.15, 0.2) is 60.7 Å². The molecule has 3 rings (SSSR count). The average molecular weight is 290 g/mol. The highest BCUT2D eigenvalue weighted by molar-refractivity contribution is 5.85. The molecule has 3 N–H and O–H groups in total. The van der Waals surface area contributed by atoms with Gasteiger partial charge in [0.15, 0.2) is 0 Å². The normalized spacial score (nSPS) is 15.7. The van der Waals surface area contributed by atoms with Crippen LogP contribution in [0.2, 0.25) is 0 Å². The SMILES string of the molecule is Cl.NNC1CN(C(c2ccccc2)c2ccccc2)C1. The number of rotatable bonds is 4. The fourth-order valence-electron chi connectivity index (χ4n) is 2.71. The highest BCUT2D eigenvalue weighted by atomic mass is 35.5. The summed E-state index contributed by atoms with van der Waals surface area (Å²) in [4.78, 5) is 2.45. The van der Waals surface area contributed by atoms with Gasteiger partial charge in [-0.05, 0) is 11.1 Å². The zero-order valence-electron chi connectivity index (χ0n) is 11.3. The van der Waals surface area contributed by atoms with Crippen molar-refractivity contribution in [1.29, 1.82) is 0 Å². The first-order valence-electron chi connectivity index (χ1n) is 6.68. The maximum Gasteiger partial charge on any atom is 0.0602 e. The molecule has 0 atom stereocenters. The third kappa shape index (κ3) is 3.02. The van der Waals surface area contributed by atoms with Gasteiger partial charge in [0.1, 0.15) is 0 Å². The Kier molecular flexibility index (Phi) is 5.15. The average Bonchev–Trinajstić information content (AvgIpc) is 2.44. The Morgan fingerprint density at radius 2 is 1.35 bits per heavy atom. The number of hydrogen-bond acceptors (Lipinski definition) is 3. The van der Waals surface area contributed by atoms with Crippen molar-refractivity contribution in [3.8, 4) is 0 Å². The van der Waals surface area contributed by atoms with Crippen LogP contribution >= 0.6 is 12.4 Å². The highest BCUT2D eigenvalue weighted by Crippen LogP contribution is 2.31. The van der Waals surface area contributed by atoms with E-state index < -0.39 is 0 Å². The Morgan fingerprint density at radius 3 is 1.75 bits per heavy atom. The first kappa shape index (κ1) is 15.0. The summed E-state index contributed by atoms with van der Waals surface area (Å²) in [6, 6.07) is 22.0. The zero-order valence-corrected chi connectivity index (χ0v) is 12.1. The molecule has 1 aliphatic rings. The number of nitrogens with one attached hydrogen (secondary N) is 1. The third-order valence-electron chi connectivity index (χ3n) is 3.74. The van der Waals surface area contributed by atoms with Gasteiger partial charge in [0.05, 0.1) is 6.04 Å². The maximum atomic E-state index is 5.50. The van der Waals surface area contributed by atoms with Gasteiger partial charge in [-0.3, -0.25) is 16.2 Å². The minimum absolute atomic E-state index is 0. The van der Waals surface area contributed by atoms with E-state index in [2.05, 4.69) is 71.0 Å². The molecule has 1 fully saturated rings. The quantitative estimate of drug-likeness (QED) is 0.671. The van der Waals surface area contributed by atoms with Crippen molar-refractivity contribution in [3.05, 3.63) is 71.8 Å². The van der Waals surface area contributed by atoms with Gasteiger partial charge in [0.2, 0.25) is 0 Å². The molecular weight excluding hydrogens is 270 g/mol. The van der Waals surface area contributed by atoms with Gasteiger partial charge >= 0.3 is 0 Å². The summed E-state index contributed by atoms with van der Waals surface area (Å²) in [7, 11) is 0. The number of hydrazine groups is 1. The van der Waals surface area contributed by atoms with Crippen molar-refractivity contribution in [3.63, 3.8) is 0 Å². The summed E-state index contributed by atoms with van der Waals surface area (Å²) < 4.78 is 0. The van der Waals surface area contributed by atoms with Crippen LogP contribution in [0.4, 0.5) is 0 Å². The van der Waals surface area contributed by atoms with Gasteiger partial charge in [0.25, 0.3) is 0 Å². The number of nitrogens with two attached hydrogens (primary N) is 1. The van der Waals surface area contributed by atoms with Crippen molar-refractivity contribution in [1.82, 2.24) is 10.3 Å². The van der Waals surface area contributed by atoms with Gasteiger partial charge in [0, 0.05) is 19.1 Å². The lowest BCUT2D eigenvalue weighted by atomic mass is 9.93. The molecule has 1 saturated heterocycles. The molecule has 0 spiro atoms. The number of likely N-dealkylation sites (tertiary alicyclic amines) is 1. The number of halogens is 1. The van der Waals surface area contributed by atoms with Gasteiger partial charge in [-0.15, -0.1) is 12.4 Å². The van der Waals surface area contributed by atoms with Crippen molar-refractivity contribution < 1.29 is 0 Å². The summed E-state index contributed by atoms with van der Waals surface area (Å²) in [5.74, 6) is 5.50. The van der Waals surface area contributed by atoms with Crippen LogP contribution in [0.1, 0.15) is 17.2 Å². The fourth-order valence-corrected chi connectivity index (χ4v) is 2.71. The lowest BCUT2D eigenvalue weighted by Gasteiger charge is -2.44. The fraction of sp³-hybridized carbons (Fsp3) is 0.250. The largest absolute Gasteiger partial charge is 0.289 e. The van der Waals surface area contributed by atoms with Gasteiger partial charge < -0.3 is 0 Å². The summed E-state index contributed by atoms with van der Waals surface area (Å²) in [5, 5.41) is 0. The van der Waals surface area contributed by atoms with Gasteiger partial charge in [-0.2, -0.15) is 0 Å². The Labute approximate surface area is 126 Å². The monoisotopic (exact) mass is 289 g/mol. The van der Waals surface area contributed by atoms with Crippen LogP contribution in [0.3, 0.4) is 0 Å². The smallest absolute Gasteiger partial charge is 0.0602 e. The van der Waals surface area contributed by atoms with Crippen molar-refractivity contribution in [2.45, 2.75) is 12.1 Å². The van der Waals surface area contributed by atoms with E-state index in [0.717, 1.165) is 13.1 Å². The number of benzene rings is 2. The Balaban J connectivity index is 0.00000147. The summed E-state index contributed by atoms with van der Waals surface area (Å²) in [6.07, 6.45) is 0. The van der Waals surface area contributed by atoms with Crippen LogP contribution in [-0.4, -0.2) is 24.0 Å². The van der Waals surface area contributed by atoms with Crippen LogP contribution in [0.5, 0.6) is 0 Å². The Morgan fingerprint density at radius 1 is 0.900 bits per heavy atom. The van der Waals surface area contributed by atoms with Crippen LogP contribution in [0, 0.1) is 0 Å². The Bertz CT molecular complexity index is 472. The first-order valence-corrected chi connectivity index (χ1v) is 6.68. The molecule has 3 nitrogen and oxygen atoms in total. The van der Waals surface area contributed by atoms with E-state index in [4.69, 9.17) is 5.84 Å². The molecule has 0 amide bonds. The van der Waals surface area contributed by atoms with E-state index in [0.29, 0.717) is 12.1 Å². The lowest BCUT2D eigenvalue weighted by Crippen LogP contribution is -2.60. The first-order chi connectivity index (χ1) is 9.38. The molecule has 4 heteroatoms. The van der Waals surface area contributed by atoms with Crippen molar-refractivity contribution in [2.75, 3.05) is 13.1 Å². The molecule has 0 aromatic heterocycles. The van der Waals surface area contributed by atoms with E-state index in [1.165, 1.54) is 11.1 Å². The molecule has 0 aliphatic carbocycles. The molecule has 2 aromatic carbocycles. The lowest BCUT2D eigenvalue weighted by molar-refractivity contribution is 0.0935. The number of hydrogen-bond donors (Lipinski definition) is 2. The molecule has 2 aromatic rings. The van der Waals surface area contributed by atoms with E-state index in [-0.39, 0.29) is 12.4 Å². The molecule has 1 aliphatic heterocycles. The second-order valence-corrected chi connectivity index (χ2v) is 5.04. The Hall–Kier alpha value is -1.39. The molecule has 0 bridgehead atoms. The van der Waals surface area contributed by atoms with Crippen LogP contribution in [-0.2, 0) is 0 Å². The molecular formula is C16H20ClN3. The van der Waals surface area contributed by atoms with E-state index in [9.17, 15) is 0 Å². The molecule has 20 heavy (non-hydrogen) atoms. The summed E-state index contributed by atoms with van der Waals surface area (Å²) in [6.45, 7) is 1.98. The van der Waals surface area contributed by atoms with E-state index >= 15 is 0 Å². The van der Waals surface area contributed by atoms with Crippen LogP contribution in [0.25, 0.3) is 0 Å². The van der Waals surface area contributed by atoms with Crippen LogP contribution < -0.4 is 11.3 Å². The molecule has 1 heterocycles.